The summed E-state index contributed by atoms with van der Waals surface area (Å²) in [6.45, 7) is 0.0606. The van der Waals surface area contributed by atoms with Gasteiger partial charge in [-0.15, -0.1) is 0 Å². The number of nitrogens with zero attached hydrogens (tertiary/aromatic N) is 2. The summed E-state index contributed by atoms with van der Waals surface area (Å²) in [6.07, 6.45) is 1.15. The number of hydrogen-bond donors (Lipinski definition) is 3. The number of aromatic hydroxyl groups is 1. The van der Waals surface area contributed by atoms with Crippen molar-refractivity contribution in [2.45, 2.75) is 6.42 Å². The van der Waals surface area contributed by atoms with E-state index in [2.05, 4.69) is 15.8 Å². The number of nitro groups is 1. The normalized spacial score (nSPS) is 10.6. The number of amides is 2. The molecule has 11 heteroatoms. The molecule has 0 aliphatic carbocycles. The Hall–Kier alpha value is -3.17. The molecule has 0 fully saturated rings. The van der Waals surface area contributed by atoms with Gasteiger partial charge in [0.15, 0.2) is 5.75 Å². The van der Waals surface area contributed by atoms with Crippen LogP contribution in [0.15, 0.2) is 41.5 Å². The average Bonchev–Trinajstić information content (AvgIpc) is 2.65. The SMILES string of the molecule is O=C(CCNC(=O)c1ccc(Cl)c(Cl)c1)N/N=C/c1ccc(O)c([N+](=O)[O-])c1. The van der Waals surface area contributed by atoms with Crippen molar-refractivity contribution in [1.82, 2.24) is 10.7 Å². The number of rotatable bonds is 7. The summed E-state index contributed by atoms with van der Waals surface area (Å²) in [4.78, 5) is 33.7. The van der Waals surface area contributed by atoms with Crippen LogP contribution < -0.4 is 10.7 Å². The molecule has 0 bridgehead atoms. The van der Waals surface area contributed by atoms with Crippen LogP contribution in [0.4, 0.5) is 5.69 Å². The van der Waals surface area contributed by atoms with E-state index >= 15 is 0 Å². The molecule has 0 aliphatic rings. The van der Waals surface area contributed by atoms with Gasteiger partial charge in [0, 0.05) is 30.2 Å². The van der Waals surface area contributed by atoms with Crippen LogP contribution in [0, 0.1) is 10.1 Å². The second-order valence-electron chi connectivity index (χ2n) is 5.43. The quantitative estimate of drug-likeness (QED) is 0.356. The molecular formula is C17H14Cl2N4O5. The first-order valence-corrected chi connectivity index (χ1v) is 8.56. The summed E-state index contributed by atoms with van der Waals surface area (Å²) >= 11 is 11.6. The Morgan fingerprint density at radius 2 is 1.93 bits per heavy atom. The van der Waals surface area contributed by atoms with Crippen molar-refractivity contribution in [2.24, 2.45) is 5.10 Å². The van der Waals surface area contributed by atoms with Gasteiger partial charge in [0.2, 0.25) is 5.91 Å². The molecule has 0 aliphatic heterocycles. The van der Waals surface area contributed by atoms with Crippen LogP contribution in [0.3, 0.4) is 0 Å². The van der Waals surface area contributed by atoms with Gasteiger partial charge in [-0.2, -0.15) is 5.10 Å². The number of carbonyl (C=O) groups excluding carboxylic acids is 2. The zero-order chi connectivity index (χ0) is 20.7. The Balaban J connectivity index is 1.80. The average molecular weight is 425 g/mol. The summed E-state index contributed by atoms with van der Waals surface area (Å²) in [6, 6.07) is 8.08. The number of halogens is 2. The maximum Gasteiger partial charge on any atom is 0.311 e. The van der Waals surface area contributed by atoms with Gasteiger partial charge in [-0.3, -0.25) is 19.7 Å². The molecule has 146 valence electrons. The van der Waals surface area contributed by atoms with Crippen molar-refractivity contribution < 1.29 is 19.6 Å². The predicted octanol–water partition coefficient (Wildman–Crippen LogP) is 2.88. The Kier molecular flexibility index (Phi) is 7.30. The van der Waals surface area contributed by atoms with E-state index < -0.39 is 28.2 Å². The van der Waals surface area contributed by atoms with Crippen molar-refractivity contribution in [3.63, 3.8) is 0 Å². The minimum absolute atomic E-state index is 0.0415. The van der Waals surface area contributed by atoms with Crippen LogP contribution in [0.2, 0.25) is 10.0 Å². The zero-order valence-electron chi connectivity index (χ0n) is 14.2. The van der Waals surface area contributed by atoms with Crippen molar-refractivity contribution in [3.05, 3.63) is 67.7 Å². The second-order valence-corrected chi connectivity index (χ2v) is 6.25. The number of phenolic OH excluding ortho intramolecular Hbond substituents is 1. The monoisotopic (exact) mass is 424 g/mol. The number of benzene rings is 2. The summed E-state index contributed by atoms with van der Waals surface area (Å²) in [5, 5.41) is 26.9. The molecule has 0 aromatic heterocycles. The lowest BCUT2D eigenvalue weighted by Crippen LogP contribution is -2.29. The molecule has 0 atom stereocenters. The topological polar surface area (TPSA) is 134 Å². The predicted molar refractivity (Wildman–Crippen MR) is 104 cm³/mol. The van der Waals surface area contributed by atoms with E-state index in [1.54, 1.807) is 0 Å². The molecule has 0 saturated carbocycles. The lowest BCUT2D eigenvalue weighted by atomic mass is 10.2. The van der Waals surface area contributed by atoms with Gasteiger partial charge in [0.1, 0.15) is 0 Å². The minimum atomic E-state index is -0.734. The molecule has 2 rings (SSSR count). The van der Waals surface area contributed by atoms with E-state index in [9.17, 15) is 24.8 Å². The van der Waals surface area contributed by atoms with Gasteiger partial charge in [-0.1, -0.05) is 23.2 Å². The molecule has 3 N–H and O–H groups in total. The maximum absolute atomic E-state index is 12.0. The Morgan fingerprint density at radius 1 is 1.18 bits per heavy atom. The van der Waals surface area contributed by atoms with Crippen LogP contribution in [0.1, 0.15) is 22.3 Å². The Morgan fingerprint density at radius 3 is 2.61 bits per heavy atom. The first kappa shape index (κ1) is 21.1. The fourth-order valence-electron chi connectivity index (χ4n) is 2.03. The number of phenols is 1. The van der Waals surface area contributed by atoms with Gasteiger partial charge in [0.25, 0.3) is 5.91 Å². The molecule has 0 spiro atoms. The molecule has 28 heavy (non-hydrogen) atoms. The van der Waals surface area contributed by atoms with Crippen LogP contribution in [0.25, 0.3) is 0 Å². The summed E-state index contributed by atoms with van der Waals surface area (Å²) in [7, 11) is 0. The Bertz CT molecular complexity index is 949. The van der Waals surface area contributed by atoms with Crippen molar-refractivity contribution in [3.8, 4) is 5.75 Å². The number of hydrogen-bond acceptors (Lipinski definition) is 6. The molecule has 0 saturated heterocycles. The highest BCUT2D eigenvalue weighted by Crippen LogP contribution is 2.25. The number of nitrogens with one attached hydrogen (secondary N) is 2. The van der Waals surface area contributed by atoms with Gasteiger partial charge in [0.05, 0.1) is 21.2 Å². The minimum Gasteiger partial charge on any atom is -0.502 e. The van der Waals surface area contributed by atoms with Crippen molar-refractivity contribution in [1.29, 1.82) is 0 Å². The zero-order valence-corrected chi connectivity index (χ0v) is 15.7. The van der Waals surface area contributed by atoms with Crippen LogP contribution >= 0.6 is 23.2 Å². The highest BCUT2D eigenvalue weighted by atomic mass is 35.5. The van der Waals surface area contributed by atoms with Crippen molar-refractivity contribution >= 4 is 46.9 Å². The smallest absolute Gasteiger partial charge is 0.311 e. The van der Waals surface area contributed by atoms with E-state index in [0.29, 0.717) is 16.1 Å². The lowest BCUT2D eigenvalue weighted by molar-refractivity contribution is -0.385. The fraction of sp³-hybridized carbons (Fsp3) is 0.118. The first-order valence-electron chi connectivity index (χ1n) is 7.80. The molecule has 2 amide bonds. The van der Waals surface area contributed by atoms with E-state index in [1.165, 1.54) is 30.5 Å². The molecule has 0 heterocycles. The highest BCUT2D eigenvalue weighted by Gasteiger charge is 2.13. The third kappa shape index (κ3) is 5.93. The lowest BCUT2D eigenvalue weighted by Gasteiger charge is -2.05. The molecule has 0 radical (unpaired) electrons. The van der Waals surface area contributed by atoms with Crippen molar-refractivity contribution in [2.75, 3.05) is 6.54 Å². The summed E-state index contributed by atoms with van der Waals surface area (Å²) in [5.41, 5.74) is 2.39. The van der Waals surface area contributed by atoms with Gasteiger partial charge < -0.3 is 10.4 Å². The molecule has 2 aromatic carbocycles. The fourth-order valence-corrected chi connectivity index (χ4v) is 2.33. The molecule has 9 nitrogen and oxygen atoms in total. The van der Waals surface area contributed by atoms with E-state index in [1.807, 2.05) is 0 Å². The summed E-state index contributed by atoms with van der Waals surface area (Å²) < 4.78 is 0. The van der Waals surface area contributed by atoms with Gasteiger partial charge >= 0.3 is 5.69 Å². The van der Waals surface area contributed by atoms with Crippen LogP contribution in [-0.4, -0.2) is 34.6 Å². The highest BCUT2D eigenvalue weighted by molar-refractivity contribution is 6.42. The number of hydrazone groups is 1. The molecular weight excluding hydrogens is 411 g/mol. The maximum atomic E-state index is 12.0. The Labute approximate surface area is 169 Å². The van der Waals surface area contributed by atoms with Gasteiger partial charge in [-0.05, 0) is 30.3 Å². The number of nitro benzene ring substituents is 1. The van der Waals surface area contributed by atoms with Crippen LogP contribution in [0.5, 0.6) is 5.75 Å². The summed E-state index contributed by atoms with van der Waals surface area (Å²) in [5.74, 6) is -1.35. The number of carbonyl (C=O) groups is 2. The standard InChI is InChI=1S/C17H14Cl2N4O5/c18-12-3-2-11(8-13(12)19)17(26)20-6-5-16(25)22-21-9-10-1-4-15(24)14(7-10)23(27)28/h1-4,7-9,24H,5-6H2,(H,20,26)(H,22,25)/b21-9+. The molecule has 2 aromatic rings. The first-order chi connectivity index (χ1) is 13.3. The third-order valence-electron chi connectivity index (χ3n) is 3.42. The van der Waals surface area contributed by atoms with E-state index in [0.717, 1.165) is 12.1 Å². The van der Waals surface area contributed by atoms with E-state index in [-0.39, 0.29) is 18.0 Å². The largest absolute Gasteiger partial charge is 0.502 e. The van der Waals surface area contributed by atoms with Gasteiger partial charge in [-0.25, -0.2) is 5.43 Å². The molecule has 0 unspecified atom stereocenters. The van der Waals surface area contributed by atoms with E-state index in [4.69, 9.17) is 23.2 Å². The van der Waals surface area contributed by atoms with Crippen LogP contribution in [-0.2, 0) is 4.79 Å². The third-order valence-corrected chi connectivity index (χ3v) is 4.16. The second kappa shape index (κ2) is 9.67.